The monoisotopic (exact) mass is 394 g/mol. The van der Waals surface area contributed by atoms with E-state index >= 15 is 0 Å². The van der Waals surface area contributed by atoms with Crippen LogP contribution in [0.5, 0.6) is 0 Å². The highest BCUT2D eigenvalue weighted by Crippen LogP contribution is 2.11. The first-order chi connectivity index (χ1) is 13.7. The van der Waals surface area contributed by atoms with E-state index in [0.29, 0.717) is 6.61 Å². The lowest BCUT2D eigenvalue weighted by Gasteiger charge is -2.30. The Hall–Kier alpha value is -2.73. The van der Waals surface area contributed by atoms with Crippen molar-refractivity contribution in [1.82, 2.24) is 0 Å². The van der Waals surface area contributed by atoms with Gasteiger partial charge in [-0.1, -0.05) is 91.0 Å². The van der Waals surface area contributed by atoms with Gasteiger partial charge in [0, 0.05) is 6.08 Å². The maximum absolute atomic E-state index is 11.3. The second-order valence-electron chi connectivity index (χ2n) is 5.85. The Morgan fingerprint density at radius 2 is 1.39 bits per heavy atom. The highest BCUT2D eigenvalue weighted by molar-refractivity contribution is 6.92. The number of carbonyl (C=O) groups excluding carboxylic acids is 1. The topological polar surface area (TPSA) is 44.8 Å². The van der Waals surface area contributed by atoms with Gasteiger partial charge in [0.2, 0.25) is 0 Å². The molecule has 0 aliphatic carbocycles. The number of methoxy groups -OCH3 is 1. The molecule has 0 saturated heterocycles. The third-order valence-electron chi connectivity index (χ3n) is 3.97. The van der Waals surface area contributed by atoms with Gasteiger partial charge >= 0.3 is 14.5 Å². The van der Waals surface area contributed by atoms with Crippen LogP contribution >= 0.6 is 0 Å². The van der Waals surface area contributed by atoms with Crippen LogP contribution in [-0.2, 0) is 18.4 Å². The predicted octanol–water partition coefficient (Wildman–Crippen LogP) is 3.14. The summed E-state index contributed by atoms with van der Waals surface area (Å²) in [7, 11) is -1.62. The number of esters is 1. The van der Waals surface area contributed by atoms with E-state index in [1.54, 1.807) is 6.08 Å². The molecule has 0 N–H and O–H groups in total. The van der Waals surface area contributed by atoms with Gasteiger partial charge in [-0.3, -0.25) is 0 Å². The smallest absolute Gasteiger partial charge is 0.407 e. The maximum Gasteiger partial charge on any atom is 0.407 e. The van der Waals surface area contributed by atoms with E-state index in [1.165, 1.54) is 13.2 Å². The SMILES string of the molecule is C/C=C/C=C/CO[Si](OC/C=C/C(=O)OC)(c1ccccc1)c1ccccc1. The molecule has 0 aliphatic rings. The number of hydrogen-bond acceptors (Lipinski definition) is 4. The molecule has 0 spiro atoms. The van der Waals surface area contributed by atoms with Crippen molar-refractivity contribution in [3.63, 3.8) is 0 Å². The largest absolute Gasteiger partial charge is 0.466 e. The van der Waals surface area contributed by atoms with Crippen LogP contribution in [0.15, 0.2) is 97.1 Å². The van der Waals surface area contributed by atoms with Crippen molar-refractivity contribution in [2.24, 2.45) is 0 Å². The lowest BCUT2D eigenvalue weighted by molar-refractivity contribution is -0.134. The molecule has 0 heterocycles. The van der Waals surface area contributed by atoms with E-state index in [2.05, 4.69) is 4.74 Å². The fraction of sp³-hybridized carbons (Fsp3) is 0.174. The maximum atomic E-state index is 11.3. The summed E-state index contributed by atoms with van der Waals surface area (Å²) in [5, 5.41) is 2.01. The van der Waals surface area contributed by atoms with Gasteiger partial charge in [0.25, 0.3) is 0 Å². The Balaban J connectivity index is 2.37. The molecule has 5 heteroatoms. The molecule has 0 aliphatic heterocycles. The highest BCUT2D eigenvalue weighted by Gasteiger charge is 2.42. The molecule has 0 unspecified atom stereocenters. The minimum atomic E-state index is -2.97. The Labute approximate surface area is 168 Å². The molecular formula is C23H26O4Si. The molecule has 0 fully saturated rings. The van der Waals surface area contributed by atoms with Gasteiger partial charge in [-0.2, -0.15) is 0 Å². The van der Waals surface area contributed by atoms with Crippen LogP contribution in [0.3, 0.4) is 0 Å². The van der Waals surface area contributed by atoms with Crippen molar-refractivity contribution in [1.29, 1.82) is 0 Å². The quantitative estimate of drug-likeness (QED) is 0.269. The van der Waals surface area contributed by atoms with Crippen LogP contribution in [0.4, 0.5) is 0 Å². The first-order valence-electron chi connectivity index (χ1n) is 9.14. The van der Waals surface area contributed by atoms with Crippen LogP contribution in [0.1, 0.15) is 6.92 Å². The minimum absolute atomic E-state index is 0.240. The zero-order chi connectivity index (χ0) is 20.1. The first-order valence-corrected chi connectivity index (χ1v) is 11.0. The third kappa shape index (κ3) is 6.16. The average Bonchev–Trinajstić information content (AvgIpc) is 2.76. The van der Waals surface area contributed by atoms with E-state index in [1.807, 2.05) is 91.9 Å². The second kappa shape index (κ2) is 11.9. The second-order valence-corrected chi connectivity index (χ2v) is 8.82. The summed E-state index contributed by atoms with van der Waals surface area (Å²) < 4.78 is 17.4. The number of carbonyl (C=O) groups is 1. The third-order valence-corrected chi connectivity index (χ3v) is 7.30. The molecule has 146 valence electrons. The molecule has 0 atom stereocenters. The van der Waals surface area contributed by atoms with Gasteiger partial charge in [-0.25, -0.2) is 4.79 Å². The summed E-state index contributed by atoms with van der Waals surface area (Å²) in [6, 6.07) is 20.0. The molecule has 0 aromatic heterocycles. The number of hydrogen-bond donors (Lipinski definition) is 0. The molecular weight excluding hydrogens is 368 g/mol. The molecule has 2 aromatic rings. The van der Waals surface area contributed by atoms with Crippen LogP contribution in [-0.4, -0.2) is 34.9 Å². The molecule has 4 nitrogen and oxygen atoms in total. The Bertz CT molecular complexity index is 758. The lowest BCUT2D eigenvalue weighted by atomic mass is 10.4. The van der Waals surface area contributed by atoms with E-state index in [9.17, 15) is 4.79 Å². The van der Waals surface area contributed by atoms with Crippen molar-refractivity contribution in [3.8, 4) is 0 Å². The van der Waals surface area contributed by atoms with Crippen molar-refractivity contribution in [3.05, 3.63) is 97.1 Å². The summed E-state index contributed by atoms with van der Waals surface area (Å²) in [4.78, 5) is 11.3. The van der Waals surface area contributed by atoms with Crippen molar-refractivity contribution in [2.75, 3.05) is 20.3 Å². The zero-order valence-electron chi connectivity index (χ0n) is 16.3. The van der Waals surface area contributed by atoms with Gasteiger partial charge in [0.1, 0.15) is 0 Å². The lowest BCUT2D eigenvalue weighted by Crippen LogP contribution is -2.63. The number of ether oxygens (including phenoxy) is 1. The molecule has 2 aromatic carbocycles. The van der Waals surface area contributed by atoms with Crippen LogP contribution in [0.25, 0.3) is 0 Å². The highest BCUT2D eigenvalue weighted by atomic mass is 28.4. The molecule has 0 amide bonds. The fourth-order valence-corrected chi connectivity index (χ4v) is 5.65. The molecule has 0 saturated carbocycles. The first kappa shape index (κ1) is 21.6. The number of rotatable bonds is 10. The van der Waals surface area contributed by atoms with Crippen molar-refractivity contribution >= 4 is 24.9 Å². The van der Waals surface area contributed by atoms with E-state index in [4.69, 9.17) is 8.85 Å². The van der Waals surface area contributed by atoms with Gasteiger partial charge in [0.05, 0.1) is 20.3 Å². The van der Waals surface area contributed by atoms with Crippen molar-refractivity contribution < 1.29 is 18.4 Å². The van der Waals surface area contributed by atoms with Crippen LogP contribution in [0, 0.1) is 0 Å². The normalized spacial score (nSPS) is 12.2. The molecule has 28 heavy (non-hydrogen) atoms. The molecule has 0 bridgehead atoms. The summed E-state index contributed by atoms with van der Waals surface area (Å²) in [5.41, 5.74) is 0. The standard InChI is InChI=1S/C23H26O4Si/c1-3-4-5-12-19-26-28(21-14-8-6-9-15-21,22-16-10-7-11-17-22)27-20-13-18-23(24)25-2/h3-18H,19-20H2,1-2H3/b4-3+,12-5+,18-13+. The average molecular weight is 395 g/mol. The minimum Gasteiger partial charge on any atom is -0.466 e. The fourth-order valence-electron chi connectivity index (χ4n) is 2.65. The van der Waals surface area contributed by atoms with Gasteiger partial charge < -0.3 is 13.6 Å². The Morgan fingerprint density at radius 3 is 1.89 bits per heavy atom. The van der Waals surface area contributed by atoms with Gasteiger partial charge in [-0.15, -0.1) is 0 Å². The summed E-state index contributed by atoms with van der Waals surface area (Å²) in [6.07, 6.45) is 10.8. The summed E-state index contributed by atoms with van der Waals surface area (Å²) in [5.74, 6) is -0.412. The zero-order valence-corrected chi connectivity index (χ0v) is 17.3. The Kier molecular flexibility index (Phi) is 9.14. The molecule has 0 radical (unpaired) electrons. The summed E-state index contributed by atoms with van der Waals surface area (Å²) in [6.45, 7) is 2.62. The van der Waals surface area contributed by atoms with E-state index in [0.717, 1.165) is 10.4 Å². The van der Waals surface area contributed by atoms with Crippen molar-refractivity contribution in [2.45, 2.75) is 6.92 Å². The number of benzene rings is 2. The summed E-state index contributed by atoms with van der Waals surface area (Å²) >= 11 is 0. The predicted molar refractivity (Wildman–Crippen MR) is 115 cm³/mol. The van der Waals surface area contributed by atoms with E-state index in [-0.39, 0.29) is 6.61 Å². The Morgan fingerprint density at radius 1 is 0.857 bits per heavy atom. The van der Waals surface area contributed by atoms with E-state index < -0.39 is 14.5 Å². The molecule has 2 rings (SSSR count). The van der Waals surface area contributed by atoms with Crippen LogP contribution < -0.4 is 10.4 Å². The van der Waals surface area contributed by atoms with Crippen LogP contribution in [0.2, 0.25) is 0 Å². The van der Waals surface area contributed by atoms with Gasteiger partial charge in [-0.05, 0) is 17.3 Å². The number of allylic oxidation sites excluding steroid dienone is 3. The van der Waals surface area contributed by atoms with Gasteiger partial charge in [0.15, 0.2) is 0 Å².